The average molecular weight is 261 g/mol. The molecule has 94 valence electrons. The third-order valence-electron chi connectivity index (χ3n) is 2.55. The predicted octanol–water partition coefficient (Wildman–Crippen LogP) is 0.756. The molecule has 1 rings (SSSR count). The van der Waals surface area contributed by atoms with Gasteiger partial charge in [0.25, 0.3) is 5.56 Å². The zero-order chi connectivity index (χ0) is 13.2. The molecule has 1 N–H and O–H groups in total. The quantitative estimate of drug-likeness (QED) is 0.866. The van der Waals surface area contributed by atoms with Crippen molar-refractivity contribution in [2.75, 3.05) is 0 Å². The summed E-state index contributed by atoms with van der Waals surface area (Å²) in [6.45, 7) is 4.04. The van der Waals surface area contributed by atoms with Gasteiger partial charge in [-0.05, 0) is 5.92 Å². The Hall–Kier alpha value is -1.56. The summed E-state index contributed by atoms with van der Waals surface area (Å²) in [5.41, 5.74) is -2.00. The number of hydrogen-bond donors (Lipinski definition) is 1. The maximum absolute atomic E-state index is 11.7. The highest BCUT2D eigenvalue weighted by Gasteiger charge is 2.16. The summed E-state index contributed by atoms with van der Waals surface area (Å²) in [7, 11) is 0. The van der Waals surface area contributed by atoms with Crippen LogP contribution in [0.5, 0.6) is 0 Å². The van der Waals surface area contributed by atoms with Crippen molar-refractivity contribution in [3.8, 4) is 0 Å². The second-order valence-electron chi connectivity index (χ2n) is 3.86. The maximum atomic E-state index is 11.7. The highest BCUT2D eigenvalue weighted by Crippen LogP contribution is 2.02. The topological polar surface area (TPSA) is 81.3 Å². The van der Waals surface area contributed by atoms with E-state index < -0.39 is 22.9 Å². The van der Waals surface area contributed by atoms with E-state index in [1.165, 1.54) is 0 Å². The van der Waals surface area contributed by atoms with Crippen LogP contribution < -0.4 is 11.2 Å². The molecule has 0 fully saturated rings. The first-order chi connectivity index (χ1) is 7.88. The lowest BCUT2D eigenvalue weighted by atomic mass is 10.1. The predicted molar refractivity (Wildman–Crippen MR) is 62.6 cm³/mol. The summed E-state index contributed by atoms with van der Waals surface area (Å²) >= 11 is 5.56. The molecule has 7 heteroatoms. The van der Waals surface area contributed by atoms with Crippen molar-refractivity contribution in [3.63, 3.8) is 0 Å². The van der Waals surface area contributed by atoms with E-state index >= 15 is 0 Å². The molecular weight excluding hydrogens is 248 g/mol. The number of hydrogen-bond acceptors (Lipinski definition) is 3. The van der Waals surface area contributed by atoms with Gasteiger partial charge in [-0.1, -0.05) is 20.3 Å². The molecule has 1 heterocycles. The lowest BCUT2D eigenvalue weighted by Crippen LogP contribution is -2.40. The van der Waals surface area contributed by atoms with Crippen LogP contribution in [0.1, 0.15) is 30.8 Å². The van der Waals surface area contributed by atoms with E-state index in [4.69, 9.17) is 16.9 Å². The zero-order valence-electron chi connectivity index (χ0n) is 9.51. The monoisotopic (exact) mass is 260 g/mol. The van der Waals surface area contributed by atoms with Crippen LogP contribution in [0.15, 0.2) is 15.7 Å². The van der Waals surface area contributed by atoms with Crippen molar-refractivity contribution < 1.29 is 9.90 Å². The lowest BCUT2D eigenvalue weighted by molar-refractivity contribution is 0.0687. The highest BCUT2D eigenvalue weighted by molar-refractivity contribution is 6.17. The first-order valence-corrected chi connectivity index (χ1v) is 5.48. The molecule has 0 aliphatic carbocycles. The number of nitrogens with zero attached hydrogens (tertiary/aromatic N) is 2. The van der Waals surface area contributed by atoms with Crippen molar-refractivity contribution in [2.45, 2.75) is 26.8 Å². The number of carboxylic acids is 1. The van der Waals surface area contributed by atoms with Crippen LogP contribution in [0.4, 0.5) is 0 Å². The summed E-state index contributed by atoms with van der Waals surface area (Å²) in [6, 6.07) is 0.846. The summed E-state index contributed by atoms with van der Waals surface area (Å²) < 4.78 is 1.39. The van der Waals surface area contributed by atoms with Gasteiger partial charge in [-0.2, -0.15) is 4.09 Å². The number of aromatic carboxylic acids is 1. The molecule has 1 unspecified atom stereocenters. The van der Waals surface area contributed by atoms with Gasteiger partial charge in [0.2, 0.25) is 0 Å². The number of halogens is 1. The van der Waals surface area contributed by atoms with Crippen LogP contribution in [0.2, 0.25) is 0 Å². The van der Waals surface area contributed by atoms with E-state index in [9.17, 15) is 14.4 Å². The third-order valence-corrected chi connectivity index (χ3v) is 2.87. The van der Waals surface area contributed by atoms with Gasteiger partial charge < -0.3 is 5.11 Å². The second-order valence-corrected chi connectivity index (χ2v) is 4.20. The minimum absolute atomic E-state index is 0.132. The minimum Gasteiger partial charge on any atom is -0.477 e. The molecule has 0 spiro atoms. The summed E-state index contributed by atoms with van der Waals surface area (Å²) in [5, 5.41) is 8.74. The average Bonchev–Trinajstić information content (AvgIpc) is 2.28. The van der Waals surface area contributed by atoms with Crippen molar-refractivity contribution in [1.29, 1.82) is 0 Å². The van der Waals surface area contributed by atoms with Gasteiger partial charge in [-0.3, -0.25) is 9.36 Å². The molecule has 0 amide bonds. The fourth-order valence-electron chi connectivity index (χ4n) is 1.31. The van der Waals surface area contributed by atoms with Gasteiger partial charge in [0.1, 0.15) is 0 Å². The Morgan fingerprint density at radius 3 is 2.59 bits per heavy atom. The first kappa shape index (κ1) is 13.5. The van der Waals surface area contributed by atoms with Crippen LogP contribution in [-0.4, -0.2) is 19.7 Å². The standard InChI is InChI=1S/C10H13ClN2O4/c1-3-6(2)5-12-8(14)4-7(9(15)16)13(11)10(12)17/h4,6H,3,5H2,1-2H3,(H,15,16). The molecule has 1 aromatic heterocycles. The Balaban J connectivity index is 3.37. The van der Waals surface area contributed by atoms with Crippen molar-refractivity contribution in [1.82, 2.24) is 8.65 Å². The molecule has 0 saturated heterocycles. The van der Waals surface area contributed by atoms with Gasteiger partial charge in [0.15, 0.2) is 5.69 Å². The molecule has 0 aromatic carbocycles. The van der Waals surface area contributed by atoms with E-state index in [-0.39, 0.29) is 12.5 Å². The number of carbonyl (C=O) groups is 1. The molecule has 1 aromatic rings. The Labute approximate surface area is 102 Å². The highest BCUT2D eigenvalue weighted by atomic mass is 35.5. The van der Waals surface area contributed by atoms with Gasteiger partial charge in [0, 0.05) is 24.4 Å². The molecule has 0 aliphatic heterocycles. The van der Waals surface area contributed by atoms with Crippen LogP contribution in [-0.2, 0) is 6.54 Å². The zero-order valence-corrected chi connectivity index (χ0v) is 10.3. The van der Waals surface area contributed by atoms with Gasteiger partial charge >= 0.3 is 11.7 Å². The third kappa shape index (κ3) is 2.76. The Morgan fingerprint density at radius 2 is 2.12 bits per heavy atom. The summed E-state index contributed by atoms with van der Waals surface area (Å²) in [6.07, 6.45) is 0.800. The smallest absolute Gasteiger partial charge is 0.354 e. The van der Waals surface area contributed by atoms with E-state index in [2.05, 4.69) is 0 Å². The second kappa shape index (κ2) is 5.18. The van der Waals surface area contributed by atoms with E-state index in [1.54, 1.807) is 0 Å². The van der Waals surface area contributed by atoms with E-state index in [1.807, 2.05) is 13.8 Å². The summed E-state index contributed by atoms with van der Waals surface area (Å²) in [4.78, 5) is 34.0. The molecule has 0 aliphatic rings. The van der Waals surface area contributed by atoms with E-state index in [0.29, 0.717) is 4.09 Å². The number of aromatic nitrogens is 2. The molecule has 1 atom stereocenters. The molecule has 0 bridgehead atoms. The summed E-state index contributed by atoms with van der Waals surface area (Å²) in [5.74, 6) is -1.28. The van der Waals surface area contributed by atoms with Crippen LogP contribution >= 0.6 is 11.8 Å². The van der Waals surface area contributed by atoms with Crippen LogP contribution in [0.3, 0.4) is 0 Å². The molecular formula is C10H13ClN2O4. The van der Waals surface area contributed by atoms with Crippen molar-refractivity contribution in [3.05, 3.63) is 32.6 Å². The molecule has 0 saturated carbocycles. The van der Waals surface area contributed by atoms with Crippen LogP contribution in [0, 0.1) is 5.92 Å². The van der Waals surface area contributed by atoms with Gasteiger partial charge in [0.05, 0.1) is 0 Å². The van der Waals surface area contributed by atoms with Crippen molar-refractivity contribution in [2.24, 2.45) is 5.92 Å². The SMILES string of the molecule is CCC(C)Cn1c(=O)cc(C(=O)O)n(Cl)c1=O. The first-order valence-electron chi connectivity index (χ1n) is 5.14. The Morgan fingerprint density at radius 1 is 1.53 bits per heavy atom. The molecule has 17 heavy (non-hydrogen) atoms. The fraction of sp³-hybridized carbons (Fsp3) is 0.500. The maximum Gasteiger partial charge on any atom is 0.354 e. The Bertz CT molecular complexity index is 546. The van der Waals surface area contributed by atoms with Crippen molar-refractivity contribution >= 4 is 17.7 Å². The van der Waals surface area contributed by atoms with E-state index in [0.717, 1.165) is 17.1 Å². The normalized spacial score (nSPS) is 12.4. The fourth-order valence-corrected chi connectivity index (χ4v) is 1.52. The van der Waals surface area contributed by atoms with Gasteiger partial charge in [-0.25, -0.2) is 9.59 Å². The minimum atomic E-state index is -1.41. The van der Waals surface area contributed by atoms with Gasteiger partial charge in [-0.15, -0.1) is 0 Å². The number of rotatable bonds is 4. The number of carboxylic acid groups (broad SMARTS) is 1. The molecule has 6 nitrogen and oxygen atoms in total. The lowest BCUT2D eigenvalue weighted by Gasteiger charge is -2.11. The largest absolute Gasteiger partial charge is 0.477 e. The molecule has 0 radical (unpaired) electrons. The van der Waals surface area contributed by atoms with Crippen LogP contribution in [0.25, 0.3) is 0 Å². The Kier molecular flexibility index (Phi) is 4.11.